The molecule has 4 heterocycles. The van der Waals surface area contributed by atoms with E-state index >= 15 is 0 Å². The lowest BCUT2D eigenvalue weighted by atomic mass is 10.0. The number of fused-ring (bicyclic) bond motifs is 1. The van der Waals surface area contributed by atoms with E-state index in [0.29, 0.717) is 6.04 Å². The fourth-order valence-electron chi connectivity index (χ4n) is 3.86. The maximum absolute atomic E-state index is 12.3. The largest absolute Gasteiger partial charge is 0.465 e. The van der Waals surface area contributed by atoms with Crippen LogP contribution in [0.2, 0.25) is 0 Å². The first-order valence-electron chi connectivity index (χ1n) is 8.75. The fourth-order valence-corrected chi connectivity index (χ4v) is 3.86. The summed E-state index contributed by atoms with van der Waals surface area (Å²) >= 11 is 0. The van der Waals surface area contributed by atoms with Crippen LogP contribution < -0.4 is 5.32 Å². The van der Waals surface area contributed by atoms with Gasteiger partial charge in [0.2, 0.25) is 5.76 Å². The number of aryl methyl sites for hydroxylation is 2. The van der Waals surface area contributed by atoms with Crippen LogP contribution in [0.5, 0.6) is 0 Å². The van der Waals surface area contributed by atoms with Crippen molar-refractivity contribution < 1.29 is 18.5 Å². The molecule has 0 bridgehead atoms. The molecule has 0 radical (unpaired) electrons. The quantitative estimate of drug-likeness (QED) is 0.913. The number of carbonyl (C=O) groups excluding carboxylic acids is 1. The van der Waals surface area contributed by atoms with Crippen molar-refractivity contribution in [3.8, 4) is 0 Å². The van der Waals surface area contributed by atoms with E-state index < -0.39 is 0 Å². The van der Waals surface area contributed by atoms with Crippen molar-refractivity contribution >= 4 is 5.91 Å². The standard InChI is InChI=1S/C18H23N3O4/c1-11-8-13(24-12(11)2)9-21-10-14(17-15(21)4-3-7-23-17)20-18(22)16-5-6-19-25-16/h5-6,8,14-15,17H,3-4,7,9-10H2,1-2H3,(H,20,22)/t14-,15+,17+/m1/s1. The first-order valence-corrected chi connectivity index (χ1v) is 8.75. The Morgan fingerprint density at radius 1 is 1.44 bits per heavy atom. The SMILES string of the molecule is Cc1cc(CN2C[C@@H](NC(=O)c3ccno3)[C@@H]3OCCC[C@@H]32)oc1C. The Kier molecular flexibility index (Phi) is 4.35. The average molecular weight is 345 g/mol. The van der Waals surface area contributed by atoms with Crippen LogP contribution in [0.4, 0.5) is 0 Å². The van der Waals surface area contributed by atoms with Crippen molar-refractivity contribution in [3.05, 3.63) is 41.2 Å². The molecule has 0 spiro atoms. The number of aromatic nitrogens is 1. The first-order chi connectivity index (χ1) is 12.1. The Hall–Kier alpha value is -2.12. The molecule has 4 rings (SSSR count). The molecule has 25 heavy (non-hydrogen) atoms. The second kappa shape index (κ2) is 6.65. The number of hydrogen-bond acceptors (Lipinski definition) is 6. The number of likely N-dealkylation sites (tertiary alicyclic amines) is 1. The van der Waals surface area contributed by atoms with E-state index in [1.54, 1.807) is 6.07 Å². The topological polar surface area (TPSA) is 80.7 Å². The van der Waals surface area contributed by atoms with Gasteiger partial charge in [-0.05, 0) is 38.3 Å². The van der Waals surface area contributed by atoms with Crippen LogP contribution in [-0.2, 0) is 11.3 Å². The summed E-state index contributed by atoms with van der Waals surface area (Å²) < 4.78 is 16.8. The van der Waals surface area contributed by atoms with Crippen molar-refractivity contribution in [1.29, 1.82) is 0 Å². The lowest BCUT2D eigenvalue weighted by molar-refractivity contribution is -0.0220. The van der Waals surface area contributed by atoms with E-state index in [2.05, 4.69) is 28.4 Å². The first kappa shape index (κ1) is 16.4. The lowest BCUT2D eigenvalue weighted by Gasteiger charge is -2.32. The molecule has 7 nitrogen and oxygen atoms in total. The molecule has 2 aliphatic heterocycles. The predicted molar refractivity (Wildman–Crippen MR) is 89.1 cm³/mol. The minimum Gasteiger partial charge on any atom is -0.465 e. The summed E-state index contributed by atoms with van der Waals surface area (Å²) in [6, 6.07) is 3.88. The van der Waals surface area contributed by atoms with E-state index in [0.717, 1.165) is 44.1 Å². The molecular formula is C18H23N3O4. The van der Waals surface area contributed by atoms with Crippen molar-refractivity contribution in [2.45, 2.75) is 51.4 Å². The van der Waals surface area contributed by atoms with E-state index in [1.165, 1.54) is 11.8 Å². The molecule has 0 unspecified atom stereocenters. The Morgan fingerprint density at radius 2 is 2.32 bits per heavy atom. The molecule has 2 aromatic rings. The zero-order valence-electron chi connectivity index (χ0n) is 14.5. The summed E-state index contributed by atoms with van der Waals surface area (Å²) in [4.78, 5) is 14.7. The van der Waals surface area contributed by atoms with Gasteiger partial charge in [0.1, 0.15) is 11.5 Å². The number of nitrogens with zero attached hydrogens (tertiary/aromatic N) is 2. The molecule has 134 valence electrons. The van der Waals surface area contributed by atoms with Gasteiger partial charge in [-0.2, -0.15) is 0 Å². The summed E-state index contributed by atoms with van der Waals surface area (Å²) in [5, 5.41) is 6.63. The van der Waals surface area contributed by atoms with Crippen molar-refractivity contribution in [2.75, 3.05) is 13.2 Å². The number of hydrogen-bond donors (Lipinski definition) is 1. The normalized spacial score (nSPS) is 26.6. The smallest absolute Gasteiger partial charge is 0.290 e. The van der Waals surface area contributed by atoms with Crippen LogP contribution >= 0.6 is 0 Å². The summed E-state index contributed by atoms with van der Waals surface area (Å²) in [5.74, 6) is 1.90. The van der Waals surface area contributed by atoms with Crippen LogP contribution in [0.3, 0.4) is 0 Å². The van der Waals surface area contributed by atoms with Gasteiger partial charge in [-0.15, -0.1) is 0 Å². The molecule has 0 aromatic carbocycles. The summed E-state index contributed by atoms with van der Waals surface area (Å²) in [5.41, 5.74) is 1.17. The van der Waals surface area contributed by atoms with E-state index in [1.807, 2.05) is 6.92 Å². The third kappa shape index (κ3) is 3.21. The molecule has 2 aliphatic rings. The number of carbonyl (C=O) groups is 1. The van der Waals surface area contributed by atoms with Gasteiger partial charge in [0.05, 0.1) is 24.9 Å². The maximum atomic E-state index is 12.3. The van der Waals surface area contributed by atoms with E-state index in [4.69, 9.17) is 13.7 Å². The Labute approximate surface area is 146 Å². The minimum absolute atomic E-state index is 0.00206. The molecule has 2 saturated heterocycles. The molecule has 1 N–H and O–H groups in total. The molecule has 3 atom stereocenters. The Balaban J connectivity index is 1.48. The highest BCUT2D eigenvalue weighted by atomic mass is 16.5. The molecule has 0 aliphatic carbocycles. The summed E-state index contributed by atoms with van der Waals surface area (Å²) in [6.45, 7) is 6.24. The number of amides is 1. The van der Waals surface area contributed by atoms with E-state index in [-0.39, 0.29) is 23.8 Å². The number of nitrogens with one attached hydrogen (secondary N) is 1. The third-order valence-corrected chi connectivity index (χ3v) is 5.18. The molecule has 2 fully saturated rings. The highest BCUT2D eigenvalue weighted by molar-refractivity contribution is 5.91. The van der Waals surface area contributed by atoms with Gasteiger partial charge in [0.25, 0.3) is 5.91 Å². The fraction of sp³-hybridized carbons (Fsp3) is 0.556. The van der Waals surface area contributed by atoms with Gasteiger partial charge in [-0.25, -0.2) is 0 Å². The van der Waals surface area contributed by atoms with E-state index in [9.17, 15) is 4.79 Å². The Morgan fingerprint density at radius 3 is 3.04 bits per heavy atom. The number of furan rings is 1. The van der Waals surface area contributed by atoms with Crippen LogP contribution in [0.15, 0.2) is 27.3 Å². The summed E-state index contributed by atoms with van der Waals surface area (Å²) in [7, 11) is 0. The van der Waals surface area contributed by atoms with Gasteiger partial charge >= 0.3 is 0 Å². The van der Waals surface area contributed by atoms with Gasteiger partial charge in [-0.3, -0.25) is 9.69 Å². The van der Waals surface area contributed by atoms with Gasteiger partial charge < -0.3 is 19.0 Å². The number of rotatable bonds is 4. The Bertz CT molecular complexity index is 720. The van der Waals surface area contributed by atoms with Gasteiger partial charge in [-0.1, -0.05) is 5.16 Å². The highest BCUT2D eigenvalue weighted by Crippen LogP contribution is 2.31. The number of ether oxygens (including phenoxy) is 1. The van der Waals surface area contributed by atoms with Crippen LogP contribution in [0, 0.1) is 13.8 Å². The lowest BCUT2D eigenvalue weighted by Crippen LogP contribution is -2.47. The molecule has 2 aromatic heterocycles. The zero-order valence-corrected chi connectivity index (χ0v) is 14.5. The van der Waals surface area contributed by atoms with Gasteiger partial charge in [0.15, 0.2) is 0 Å². The maximum Gasteiger partial charge on any atom is 0.290 e. The third-order valence-electron chi connectivity index (χ3n) is 5.18. The molecular weight excluding hydrogens is 322 g/mol. The monoisotopic (exact) mass is 345 g/mol. The zero-order chi connectivity index (χ0) is 17.4. The second-order valence-corrected chi connectivity index (χ2v) is 6.88. The van der Waals surface area contributed by atoms with Crippen LogP contribution in [-0.4, -0.2) is 47.3 Å². The van der Waals surface area contributed by atoms with Gasteiger partial charge in [0, 0.05) is 25.3 Å². The van der Waals surface area contributed by atoms with Crippen molar-refractivity contribution in [1.82, 2.24) is 15.4 Å². The molecule has 7 heteroatoms. The summed E-state index contributed by atoms with van der Waals surface area (Å²) in [6.07, 6.45) is 3.57. The van der Waals surface area contributed by atoms with Crippen molar-refractivity contribution in [3.63, 3.8) is 0 Å². The van der Waals surface area contributed by atoms with Crippen LogP contribution in [0.25, 0.3) is 0 Å². The minimum atomic E-state index is -0.248. The van der Waals surface area contributed by atoms with Crippen molar-refractivity contribution in [2.24, 2.45) is 0 Å². The second-order valence-electron chi connectivity index (χ2n) is 6.88. The molecule has 1 amide bonds. The molecule has 0 saturated carbocycles. The highest BCUT2D eigenvalue weighted by Gasteiger charge is 2.45. The predicted octanol–water partition coefficient (Wildman–Crippen LogP) is 2.05. The van der Waals surface area contributed by atoms with Crippen LogP contribution in [0.1, 0.15) is 40.5 Å². The average Bonchev–Trinajstić information content (AvgIpc) is 3.30.